The van der Waals surface area contributed by atoms with Crippen LogP contribution in [-0.4, -0.2) is 8.42 Å². The van der Waals surface area contributed by atoms with Crippen LogP contribution in [0.5, 0.6) is 0 Å². The largest absolute Gasteiger partial charge is 0.277 e. The molecule has 7 heteroatoms. The fourth-order valence-corrected chi connectivity index (χ4v) is 3.31. The molecule has 0 spiro atoms. The molecule has 20 heavy (non-hydrogen) atoms. The summed E-state index contributed by atoms with van der Waals surface area (Å²) in [6.07, 6.45) is 0. The van der Waals surface area contributed by atoms with Crippen molar-refractivity contribution in [1.82, 2.24) is 0 Å². The average molecular weight is 362 g/mol. The van der Waals surface area contributed by atoms with E-state index in [4.69, 9.17) is 0 Å². The first-order valence-corrected chi connectivity index (χ1v) is 7.81. The van der Waals surface area contributed by atoms with E-state index in [-0.39, 0.29) is 16.1 Å². The number of halogens is 3. The lowest BCUT2D eigenvalue weighted by atomic mass is 10.2. The van der Waals surface area contributed by atoms with Crippen molar-refractivity contribution in [3.63, 3.8) is 0 Å². The Kier molecular flexibility index (Phi) is 4.10. The van der Waals surface area contributed by atoms with Crippen LogP contribution in [0.15, 0.2) is 45.8 Å². The van der Waals surface area contributed by atoms with Gasteiger partial charge in [-0.25, -0.2) is 17.2 Å². The smallest absolute Gasteiger partial charge is 0.262 e. The van der Waals surface area contributed by atoms with E-state index in [9.17, 15) is 17.2 Å². The summed E-state index contributed by atoms with van der Waals surface area (Å²) in [7, 11) is -3.97. The van der Waals surface area contributed by atoms with E-state index in [1.807, 2.05) is 0 Å². The number of rotatable bonds is 3. The third-order valence-corrected chi connectivity index (χ3v) is 4.62. The van der Waals surface area contributed by atoms with E-state index in [0.717, 1.165) is 24.3 Å². The summed E-state index contributed by atoms with van der Waals surface area (Å²) < 4.78 is 53.6. The Morgan fingerprint density at radius 2 is 1.80 bits per heavy atom. The third-order valence-electron chi connectivity index (χ3n) is 2.60. The van der Waals surface area contributed by atoms with Crippen LogP contribution in [-0.2, 0) is 10.0 Å². The molecule has 0 unspecified atom stereocenters. The van der Waals surface area contributed by atoms with Gasteiger partial charge in [0.2, 0.25) is 0 Å². The Morgan fingerprint density at radius 3 is 2.40 bits per heavy atom. The van der Waals surface area contributed by atoms with Gasteiger partial charge in [-0.2, -0.15) is 0 Å². The number of hydrogen-bond donors (Lipinski definition) is 1. The summed E-state index contributed by atoms with van der Waals surface area (Å²) >= 11 is 3.08. The first kappa shape index (κ1) is 14.9. The number of nitrogens with one attached hydrogen (secondary N) is 1. The van der Waals surface area contributed by atoms with Crippen molar-refractivity contribution in [2.45, 2.75) is 11.8 Å². The highest BCUT2D eigenvalue weighted by molar-refractivity contribution is 9.10. The molecule has 0 saturated heterocycles. The molecule has 3 nitrogen and oxygen atoms in total. The topological polar surface area (TPSA) is 46.2 Å². The minimum atomic E-state index is -3.97. The van der Waals surface area contributed by atoms with Gasteiger partial charge in [0.25, 0.3) is 10.0 Å². The van der Waals surface area contributed by atoms with E-state index in [0.29, 0.717) is 4.47 Å². The van der Waals surface area contributed by atoms with Crippen molar-refractivity contribution in [3.05, 3.63) is 58.1 Å². The molecule has 0 radical (unpaired) electrons. The minimum absolute atomic E-state index is 0.0961. The molecule has 0 aromatic heterocycles. The van der Waals surface area contributed by atoms with Gasteiger partial charge in [-0.15, -0.1) is 0 Å². The first-order chi connectivity index (χ1) is 9.29. The first-order valence-electron chi connectivity index (χ1n) is 5.53. The highest BCUT2D eigenvalue weighted by atomic mass is 79.9. The number of hydrogen-bond acceptors (Lipinski definition) is 2. The van der Waals surface area contributed by atoms with Gasteiger partial charge in [0.15, 0.2) is 0 Å². The number of sulfonamides is 1. The van der Waals surface area contributed by atoms with Gasteiger partial charge < -0.3 is 0 Å². The molecule has 0 atom stereocenters. The predicted molar refractivity (Wildman–Crippen MR) is 76.0 cm³/mol. The summed E-state index contributed by atoms with van der Waals surface area (Å²) in [5.41, 5.74) is 0.0759. The van der Waals surface area contributed by atoms with Gasteiger partial charge in [-0.05, 0) is 48.9 Å². The second-order valence-corrected chi connectivity index (χ2v) is 6.71. The Hall–Kier alpha value is -1.47. The molecule has 1 N–H and O–H groups in total. The predicted octanol–water partition coefficient (Wildman–Crippen LogP) is 3.84. The summed E-state index contributed by atoms with van der Waals surface area (Å²) in [6, 6.07) is 7.25. The lowest BCUT2D eigenvalue weighted by molar-refractivity contribution is 0.596. The highest BCUT2D eigenvalue weighted by Crippen LogP contribution is 2.24. The van der Waals surface area contributed by atoms with Crippen molar-refractivity contribution in [1.29, 1.82) is 0 Å². The standard InChI is InChI=1S/C13H10BrF2NO2S/c1-8-6-10(15)3-5-13(8)20(18,19)17-12-4-2-9(14)7-11(12)16/h2-7,17H,1H3. The van der Waals surface area contributed by atoms with E-state index in [1.165, 1.54) is 19.1 Å². The summed E-state index contributed by atoms with van der Waals surface area (Å²) in [4.78, 5) is -0.0961. The molecular weight excluding hydrogens is 352 g/mol. The number of benzene rings is 2. The lowest BCUT2D eigenvalue weighted by Crippen LogP contribution is -2.15. The van der Waals surface area contributed by atoms with Crippen LogP contribution in [0.2, 0.25) is 0 Å². The van der Waals surface area contributed by atoms with Crippen LogP contribution in [0.1, 0.15) is 5.56 Å². The second-order valence-electron chi connectivity index (χ2n) is 4.14. The molecule has 106 valence electrons. The molecule has 2 aromatic carbocycles. The molecule has 0 saturated carbocycles. The van der Waals surface area contributed by atoms with Crippen LogP contribution in [0, 0.1) is 18.6 Å². The zero-order valence-corrected chi connectivity index (χ0v) is 12.7. The van der Waals surface area contributed by atoms with Crippen LogP contribution in [0.25, 0.3) is 0 Å². The molecule has 0 aliphatic carbocycles. The van der Waals surface area contributed by atoms with Gasteiger partial charge in [0.05, 0.1) is 10.6 Å². The normalized spacial score (nSPS) is 11.4. The Balaban J connectivity index is 2.41. The van der Waals surface area contributed by atoms with Crippen LogP contribution >= 0.6 is 15.9 Å². The highest BCUT2D eigenvalue weighted by Gasteiger charge is 2.19. The monoisotopic (exact) mass is 361 g/mol. The van der Waals surface area contributed by atoms with Crippen molar-refractivity contribution in [2.75, 3.05) is 4.72 Å². The van der Waals surface area contributed by atoms with Crippen molar-refractivity contribution in [3.8, 4) is 0 Å². The van der Waals surface area contributed by atoms with Gasteiger partial charge >= 0.3 is 0 Å². The van der Waals surface area contributed by atoms with E-state index < -0.39 is 21.7 Å². The van der Waals surface area contributed by atoms with Gasteiger partial charge in [-0.3, -0.25) is 4.72 Å². The van der Waals surface area contributed by atoms with E-state index in [2.05, 4.69) is 20.7 Å². The molecule has 0 heterocycles. The maximum atomic E-state index is 13.6. The van der Waals surface area contributed by atoms with Crippen molar-refractivity contribution >= 4 is 31.6 Å². The number of anilines is 1. The maximum Gasteiger partial charge on any atom is 0.262 e. The molecule has 2 rings (SSSR count). The average Bonchev–Trinajstić information content (AvgIpc) is 2.32. The summed E-state index contributed by atoms with van der Waals surface area (Å²) in [5.74, 6) is -1.24. The zero-order chi connectivity index (χ0) is 14.9. The molecular formula is C13H10BrF2NO2S. The molecule has 0 aliphatic heterocycles. The van der Waals surface area contributed by atoms with Crippen LogP contribution < -0.4 is 4.72 Å². The number of aryl methyl sites for hydroxylation is 1. The van der Waals surface area contributed by atoms with Crippen molar-refractivity contribution in [2.24, 2.45) is 0 Å². The molecule has 0 amide bonds. The zero-order valence-electron chi connectivity index (χ0n) is 10.3. The molecule has 0 fully saturated rings. The Bertz CT molecular complexity index is 763. The second kappa shape index (κ2) is 5.49. The van der Waals surface area contributed by atoms with Crippen molar-refractivity contribution < 1.29 is 17.2 Å². The third kappa shape index (κ3) is 3.16. The fourth-order valence-electron chi connectivity index (χ4n) is 1.69. The van der Waals surface area contributed by atoms with Gasteiger partial charge in [-0.1, -0.05) is 15.9 Å². The molecule has 0 aliphatic rings. The minimum Gasteiger partial charge on any atom is -0.277 e. The van der Waals surface area contributed by atoms with Crippen LogP contribution in [0.3, 0.4) is 0 Å². The maximum absolute atomic E-state index is 13.6. The van der Waals surface area contributed by atoms with Crippen LogP contribution in [0.4, 0.5) is 14.5 Å². The fraction of sp³-hybridized carbons (Fsp3) is 0.0769. The molecule has 2 aromatic rings. The Labute approximate surface area is 123 Å². The SMILES string of the molecule is Cc1cc(F)ccc1S(=O)(=O)Nc1ccc(Br)cc1F. The lowest BCUT2D eigenvalue weighted by Gasteiger charge is -2.11. The summed E-state index contributed by atoms with van der Waals surface area (Å²) in [6.45, 7) is 1.47. The van der Waals surface area contributed by atoms with E-state index >= 15 is 0 Å². The van der Waals surface area contributed by atoms with Gasteiger partial charge in [0, 0.05) is 4.47 Å². The van der Waals surface area contributed by atoms with Gasteiger partial charge in [0.1, 0.15) is 11.6 Å². The summed E-state index contributed by atoms with van der Waals surface area (Å²) in [5, 5.41) is 0. The quantitative estimate of drug-likeness (QED) is 0.902. The Morgan fingerprint density at radius 1 is 1.10 bits per heavy atom. The van der Waals surface area contributed by atoms with E-state index in [1.54, 1.807) is 0 Å². The molecule has 0 bridgehead atoms.